The molecule has 2 aromatic heterocycles. The lowest BCUT2D eigenvalue weighted by Crippen LogP contribution is -2.22. The highest BCUT2D eigenvalue weighted by Gasteiger charge is 2.36. The van der Waals surface area contributed by atoms with Crippen molar-refractivity contribution in [2.24, 2.45) is 0 Å². The quantitative estimate of drug-likeness (QED) is 0.230. The Kier molecular flexibility index (Phi) is 4.40. The normalized spacial score (nSPS) is 18.6. The van der Waals surface area contributed by atoms with E-state index >= 15 is 0 Å². The van der Waals surface area contributed by atoms with Crippen LogP contribution in [-0.2, 0) is 0 Å². The molecule has 39 heavy (non-hydrogen) atoms. The van der Waals surface area contributed by atoms with Gasteiger partial charge in [-0.3, -0.25) is 0 Å². The minimum Gasteiger partial charge on any atom is -0.489 e. The number of nitrogens with zero attached hydrogens (tertiary/aromatic N) is 2. The minimum absolute atomic E-state index is 0.357. The lowest BCUT2D eigenvalue weighted by molar-refractivity contribution is 0.164. The van der Waals surface area contributed by atoms with E-state index in [1.165, 1.54) is 86.2 Å². The van der Waals surface area contributed by atoms with Crippen LogP contribution in [0.3, 0.4) is 0 Å². The van der Waals surface area contributed by atoms with E-state index in [-0.39, 0.29) is 0 Å². The van der Waals surface area contributed by atoms with Gasteiger partial charge in [-0.15, -0.1) is 0 Å². The summed E-state index contributed by atoms with van der Waals surface area (Å²) in [5.41, 5.74) is 8.76. The van der Waals surface area contributed by atoms with Gasteiger partial charge in [0.25, 0.3) is 0 Å². The smallest absolute Gasteiger partial charge is 0.123 e. The van der Waals surface area contributed by atoms with E-state index in [1.54, 1.807) is 0 Å². The fourth-order valence-corrected chi connectivity index (χ4v) is 7.41. The number of hydrogen-bond acceptors (Lipinski definition) is 1. The van der Waals surface area contributed by atoms with Crippen LogP contribution in [0.25, 0.3) is 55.0 Å². The topological polar surface area (TPSA) is 19.1 Å². The fourth-order valence-electron chi connectivity index (χ4n) is 7.41. The van der Waals surface area contributed by atoms with E-state index in [9.17, 15) is 0 Å². The summed E-state index contributed by atoms with van der Waals surface area (Å²) in [6, 6.07) is 40.1. The zero-order valence-electron chi connectivity index (χ0n) is 21.7. The zero-order chi connectivity index (χ0) is 25.5. The highest BCUT2D eigenvalue weighted by molar-refractivity contribution is 6.12. The van der Waals surface area contributed by atoms with Gasteiger partial charge < -0.3 is 13.9 Å². The third-order valence-electron chi connectivity index (χ3n) is 9.13. The lowest BCUT2D eigenvalue weighted by atomic mass is 9.83. The Morgan fingerprint density at radius 1 is 0.513 bits per heavy atom. The molecule has 3 heteroatoms. The standard InChI is InChI=1S/C36H28N2O/c1-5-13-31-25(9-1)26-10-2-6-14-32(26)37(31)23-17-19-34-29(21-23)27-11-3-7-15-33(27)38(34)24-18-20-36-30(22-24)28-12-4-8-16-35(28)39-36/h1-3,5-7,9-11,13-15,17-22,28,35H,4,8,12,16H2. The van der Waals surface area contributed by atoms with Crippen LogP contribution in [0, 0.1) is 0 Å². The van der Waals surface area contributed by atoms with Crippen molar-refractivity contribution in [3.05, 3.63) is 115 Å². The molecule has 0 radical (unpaired) electrons. The molecule has 0 amide bonds. The van der Waals surface area contributed by atoms with Gasteiger partial charge in [-0.25, -0.2) is 0 Å². The van der Waals surface area contributed by atoms with E-state index in [0.717, 1.165) is 5.75 Å². The molecule has 2 unspecified atom stereocenters. The molecule has 1 saturated carbocycles. The zero-order valence-corrected chi connectivity index (χ0v) is 21.7. The molecule has 2 aliphatic rings. The molecule has 0 bridgehead atoms. The van der Waals surface area contributed by atoms with Crippen molar-refractivity contribution in [2.45, 2.75) is 37.7 Å². The van der Waals surface area contributed by atoms with Crippen molar-refractivity contribution in [1.29, 1.82) is 0 Å². The number of benzene rings is 5. The van der Waals surface area contributed by atoms with Crippen LogP contribution in [0.2, 0.25) is 0 Å². The summed E-state index contributed by atoms with van der Waals surface area (Å²) in [6.07, 6.45) is 5.35. The van der Waals surface area contributed by atoms with Crippen LogP contribution in [0.1, 0.15) is 37.2 Å². The highest BCUT2D eigenvalue weighted by atomic mass is 16.5. The van der Waals surface area contributed by atoms with Gasteiger partial charge in [0.05, 0.1) is 22.1 Å². The molecule has 1 aliphatic heterocycles. The number of para-hydroxylation sites is 3. The monoisotopic (exact) mass is 504 g/mol. The van der Waals surface area contributed by atoms with Crippen LogP contribution < -0.4 is 4.74 Å². The average molecular weight is 505 g/mol. The largest absolute Gasteiger partial charge is 0.489 e. The Balaban J connectivity index is 1.28. The molecule has 9 rings (SSSR count). The third kappa shape index (κ3) is 2.99. The average Bonchev–Trinajstić information content (AvgIpc) is 3.64. The van der Waals surface area contributed by atoms with Crippen molar-refractivity contribution in [3.8, 4) is 17.1 Å². The summed E-state index contributed by atoms with van der Waals surface area (Å²) in [6.45, 7) is 0. The van der Waals surface area contributed by atoms with E-state index in [1.807, 2.05) is 0 Å². The Hall–Kier alpha value is -4.50. The van der Waals surface area contributed by atoms with Crippen molar-refractivity contribution >= 4 is 43.6 Å². The van der Waals surface area contributed by atoms with E-state index in [2.05, 4.69) is 118 Å². The summed E-state index contributed by atoms with van der Waals surface area (Å²) < 4.78 is 11.2. The van der Waals surface area contributed by atoms with Gasteiger partial charge in [-0.05, 0) is 73.9 Å². The highest BCUT2D eigenvalue weighted by Crippen LogP contribution is 2.47. The molecule has 5 aromatic carbocycles. The molecule has 7 aromatic rings. The second kappa shape index (κ2) is 8.00. The van der Waals surface area contributed by atoms with Crippen LogP contribution in [-0.4, -0.2) is 15.2 Å². The van der Waals surface area contributed by atoms with E-state index in [0.29, 0.717) is 12.0 Å². The van der Waals surface area contributed by atoms with E-state index in [4.69, 9.17) is 4.74 Å². The Morgan fingerprint density at radius 3 is 1.74 bits per heavy atom. The molecule has 2 atom stereocenters. The van der Waals surface area contributed by atoms with Gasteiger partial charge in [0, 0.05) is 44.4 Å². The molecule has 0 spiro atoms. The summed E-state index contributed by atoms with van der Waals surface area (Å²) in [5, 5.41) is 5.13. The number of fused-ring (bicyclic) bond motifs is 9. The Labute approximate surface area is 226 Å². The van der Waals surface area contributed by atoms with Gasteiger partial charge in [0.1, 0.15) is 11.9 Å². The molecule has 3 heterocycles. The van der Waals surface area contributed by atoms with Gasteiger partial charge in [-0.2, -0.15) is 0 Å². The molecular formula is C36H28N2O. The van der Waals surface area contributed by atoms with Crippen molar-refractivity contribution in [2.75, 3.05) is 0 Å². The lowest BCUT2D eigenvalue weighted by Gasteiger charge is -2.23. The van der Waals surface area contributed by atoms with Crippen LogP contribution in [0.4, 0.5) is 0 Å². The van der Waals surface area contributed by atoms with Crippen molar-refractivity contribution < 1.29 is 4.74 Å². The maximum atomic E-state index is 6.37. The first kappa shape index (κ1) is 21.4. The molecule has 1 fully saturated rings. The van der Waals surface area contributed by atoms with Crippen LogP contribution in [0.5, 0.6) is 5.75 Å². The molecule has 0 saturated heterocycles. The summed E-state index contributed by atoms with van der Waals surface area (Å²) in [4.78, 5) is 0. The van der Waals surface area contributed by atoms with Gasteiger partial charge in [0.2, 0.25) is 0 Å². The Morgan fingerprint density at radius 2 is 1.05 bits per heavy atom. The first-order valence-electron chi connectivity index (χ1n) is 14.2. The Bertz CT molecular complexity index is 2020. The van der Waals surface area contributed by atoms with E-state index < -0.39 is 0 Å². The number of ether oxygens (including phenoxy) is 1. The summed E-state index contributed by atoms with van der Waals surface area (Å²) >= 11 is 0. The maximum absolute atomic E-state index is 6.37. The first-order valence-corrected chi connectivity index (χ1v) is 14.2. The summed E-state index contributed by atoms with van der Waals surface area (Å²) in [5.74, 6) is 1.62. The number of aromatic nitrogens is 2. The molecule has 3 nitrogen and oxygen atoms in total. The van der Waals surface area contributed by atoms with Gasteiger partial charge in [0.15, 0.2) is 0 Å². The predicted octanol–water partition coefficient (Wildman–Crippen LogP) is 9.30. The minimum atomic E-state index is 0.357. The molecule has 0 N–H and O–H groups in total. The van der Waals surface area contributed by atoms with Crippen LogP contribution in [0.15, 0.2) is 109 Å². The SMILES string of the molecule is c1ccc2c(c1)c1ccccc1n2-c1ccc2c(c1)c1ccccc1n2-c1ccc2c(c1)C1CCCCC1O2. The second-order valence-electron chi connectivity index (χ2n) is 11.2. The second-order valence-corrected chi connectivity index (χ2v) is 11.2. The van der Waals surface area contributed by atoms with Gasteiger partial charge >= 0.3 is 0 Å². The van der Waals surface area contributed by atoms with Crippen molar-refractivity contribution in [3.63, 3.8) is 0 Å². The molecule has 1 aliphatic carbocycles. The van der Waals surface area contributed by atoms with Crippen LogP contribution >= 0.6 is 0 Å². The van der Waals surface area contributed by atoms with Gasteiger partial charge in [-0.1, -0.05) is 61.0 Å². The summed E-state index contributed by atoms with van der Waals surface area (Å²) in [7, 11) is 0. The number of rotatable bonds is 2. The maximum Gasteiger partial charge on any atom is 0.123 e. The first-order chi connectivity index (χ1) is 19.3. The predicted molar refractivity (Wildman–Crippen MR) is 161 cm³/mol. The fraction of sp³-hybridized carbons (Fsp3) is 0.167. The van der Waals surface area contributed by atoms with Crippen molar-refractivity contribution in [1.82, 2.24) is 9.13 Å². The molecule has 188 valence electrons. The number of hydrogen-bond donors (Lipinski definition) is 0. The molecular weight excluding hydrogens is 476 g/mol. The third-order valence-corrected chi connectivity index (χ3v) is 9.13.